The lowest BCUT2D eigenvalue weighted by molar-refractivity contribution is 0.578. The van der Waals surface area contributed by atoms with Gasteiger partial charge in [0.1, 0.15) is 22.7 Å². The minimum atomic E-state index is 0.909. The number of nitrogens with zero attached hydrogens (tertiary/aromatic N) is 1. The molecular weight excluding hydrogens is 623 g/mol. The van der Waals surface area contributed by atoms with Crippen molar-refractivity contribution in [3.63, 3.8) is 0 Å². The van der Waals surface area contributed by atoms with Gasteiger partial charge in [-0.05, 0) is 114 Å². The number of fused-ring (bicyclic) bond motifs is 2. The molecule has 0 aliphatic carbocycles. The van der Waals surface area contributed by atoms with Crippen molar-refractivity contribution in [1.82, 2.24) is 0 Å². The van der Waals surface area contributed by atoms with Crippen LogP contribution in [0.25, 0.3) is 44.7 Å². The van der Waals surface area contributed by atoms with E-state index in [9.17, 15) is 0 Å². The van der Waals surface area contributed by atoms with Crippen molar-refractivity contribution in [2.75, 3.05) is 4.90 Å². The summed E-state index contributed by atoms with van der Waals surface area (Å²) in [4.78, 5) is 2.31. The van der Waals surface area contributed by atoms with Crippen LogP contribution in [0.4, 0.5) is 11.4 Å². The van der Waals surface area contributed by atoms with Gasteiger partial charge < -0.3 is 13.7 Å². The molecule has 2 heterocycles. The van der Waals surface area contributed by atoms with Crippen molar-refractivity contribution in [2.45, 2.75) is 55.4 Å². The number of allylic oxidation sites excluding steroid dienone is 10. The predicted octanol–water partition coefficient (Wildman–Crippen LogP) is 14.5. The first-order valence-corrected chi connectivity index (χ1v) is 17.7. The molecule has 0 aliphatic heterocycles. The molecule has 0 bridgehead atoms. The van der Waals surface area contributed by atoms with Crippen LogP contribution in [0.15, 0.2) is 159 Å². The molecule has 0 spiro atoms. The van der Waals surface area contributed by atoms with E-state index < -0.39 is 0 Å². The third-order valence-electron chi connectivity index (χ3n) is 9.56. The molecule has 6 aromatic rings. The van der Waals surface area contributed by atoms with Gasteiger partial charge in [-0.3, -0.25) is 0 Å². The normalized spacial score (nSPS) is 13.4. The largest absolute Gasteiger partial charge is 0.460 e. The third-order valence-corrected chi connectivity index (χ3v) is 9.56. The summed E-state index contributed by atoms with van der Waals surface area (Å²) in [5, 5.41) is 2.28. The Morgan fingerprint density at radius 3 is 2.00 bits per heavy atom. The highest BCUT2D eigenvalue weighted by Gasteiger charge is 2.18. The van der Waals surface area contributed by atoms with Gasteiger partial charge in [0.15, 0.2) is 0 Å². The van der Waals surface area contributed by atoms with E-state index in [1.807, 2.05) is 26.0 Å². The van der Waals surface area contributed by atoms with Crippen molar-refractivity contribution in [1.29, 1.82) is 0 Å². The van der Waals surface area contributed by atoms with Gasteiger partial charge >= 0.3 is 0 Å². The van der Waals surface area contributed by atoms with Crippen LogP contribution in [0.1, 0.15) is 69.8 Å². The zero-order chi connectivity index (χ0) is 36.1. The van der Waals surface area contributed by atoms with E-state index in [0.717, 1.165) is 83.9 Å². The standard InChI is InChI=1S/C48H47NO2/c1-9-16-36(11-3)32(5)22-23-33(6)49(39-28-24-37(25-29-39)41(12-4)47-34(7)42-18-13-14-21-46(42)51-47)40-30-26-38(27-31-40)44-19-15-20-45-43(17-10-2)35(8)50-48(44)45/h9-31H,1-8H3/b16-9-,17-10-,32-22+,33-23+,36-11+,41-12-. The van der Waals surface area contributed by atoms with Crippen LogP contribution in [-0.4, -0.2) is 0 Å². The van der Waals surface area contributed by atoms with Crippen molar-refractivity contribution in [2.24, 2.45) is 0 Å². The first-order valence-electron chi connectivity index (χ1n) is 17.7. The summed E-state index contributed by atoms with van der Waals surface area (Å²) < 4.78 is 12.7. The predicted molar refractivity (Wildman–Crippen MR) is 219 cm³/mol. The van der Waals surface area contributed by atoms with Gasteiger partial charge in [0.05, 0.1) is 0 Å². The lowest BCUT2D eigenvalue weighted by Gasteiger charge is -2.26. The summed E-state index contributed by atoms with van der Waals surface area (Å²) >= 11 is 0. The van der Waals surface area contributed by atoms with Crippen LogP contribution < -0.4 is 4.90 Å². The molecule has 4 aromatic carbocycles. The van der Waals surface area contributed by atoms with Crippen LogP contribution >= 0.6 is 0 Å². The fourth-order valence-corrected chi connectivity index (χ4v) is 6.91. The molecule has 0 radical (unpaired) electrons. The van der Waals surface area contributed by atoms with Gasteiger partial charge in [-0.1, -0.05) is 103 Å². The average molecular weight is 670 g/mol. The maximum Gasteiger partial charge on any atom is 0.142 e. The fourth-order valence-electron chi connectivity index (χ4n) is 6.91. The van der Waals surface area contributed by atoms with Gasteiger partial charge in [-0.15, -0.1) is 0 Å². The fraction of sp³-hybridized carbons (Fsp3) is 0.167. The Labute approximate surface area is 302 Å². The van der Waals surface area contributed by atoms with E-state index in [-0.39, 0.29) is 0 Å². The van der Waals surface area contributed by atoms with Gasteiger partial charge in [0.2, 0.25) is 0 Å². The molecule has 0 aliphatic rings. The Bertz CT molecular complexity index is 2360. The van der Waals surface area contributed by atoms with Crippen molar-refractivity contribution < 1.29 is 8.83 Å². The number of hydrogen-bond acceptors (Lipinski definition) is 3. The summed E-state index contributed by atoms with van der Waals surface area (Å²) in [5.74, 6) is 1.84. The molecule has 2 aromatic heterocycles. The van der Waals surface area contributed by atoms with E-state index in [1.165, 1.54) is 11.1 Å². The molecule has 0 saturated heterocycles. The van der Waals surface area contributed by atoms with Crippen LogP contribution in [0, 0.1) is 13.8 Å². The van der Waals surface area contributed by atoms with E-state index in [0.29, 0.717) is 0 Å². The topological polar surface area (TPSA) is 29.5 Å². The van der Waals surface area contributed by atoms with Crippen LogP contribution in [-0.2, 0) is 0 Å². The highest BCUT2D eigenvalue weighted by molar-refractivity contribution is 5.98. The molecular formula is C48H47NO2. The van der Waals surface area contributed by atoms with E-state index in [1.54, 1.807) is 0 Å². The number of benzene rings is 4. The highest BCUT2D eigenvalue weighted by atomic mass is 16.3. The second-order valence-electron chi connectivity index (χ2n) is 12.8. The second-order valence-corrected chi connectivity index (χ2v) is 12.8. The average Bonchev–Trinajstić information content (AvgIpc) is 3.66. The number of anilines is 2. The third kappa shape index (κ3) is 6.98. The minimum Gasteiger partial charge on any atom is -0.460 e. The Morgan fingerprint density at radius 2 is 1.35 bits per heavy atom. The Hall–Kier alpha value is -5.80. The first-order chi connectivity index (χ1) is 24.8. The smallest absolute Gasteiger partial charge is 0.142 e. The van der Waals surface area contributed by atoms with E-state index >= 15 is 0 Å². The molecule has 0 unspecified atom stereocenters. The second kappa shape index (κ2) is 15.4. The SMILES string of the molecule is C\C=C/C(=C\C)C(/C)=C/C=C(\C)N(c1ccc(/C(=C/C)c2oc3ccccc3c2C)cc1)c1ccc(-c2cccc3c(/C=C\C)c(C)oc23)cc1. The molecule has 0 fully saturated rings. The summed E-state index contributed by atoms with van der Waals surface area (Å²) in [6, 6.07) is 32.2. The summed E-state index contributed by atoms with van der Waals surface area (Å²) in [7, 11) is 0. The maximum absolute atomic E-state index is 6.37. The summed E-state index contributed by atoms with van der Waals surface area (Å²) in [6.45, 7) is 16.7. The quantitative estimate of drug-likeness (QED) is 0.136. The Kier molecular flexibility index (Phi) is 10.6. The molecule has 0 saturated carbocycles. The minimum absolute atomic E-state index is 0.909. The van der Waals surface area contributed by atoms with E-state index in [4.69, 9.17) is 8.83 Å². The monoisotopic (exact) mass is 669 g/mol. The zero-order valence-electron chi connectivity index (χ0n) is 31.0. The van der Waals surface area contributed by atoms with Crippen molar-refractivity contribution >= 4 is 45.0 Å². The number of hydrogen-bond donors (Lipinski definition) is 0. The molecule has 6 rings (SSSR count). The lowest BCUT2D eigenvalue weighted by atomic mass is 9.99. The van der Waals surface area contributed by atoms with E-state index in [2.05, 4.69) is 174 Å². The molecule has 3 heteroatoms. The maximum atomic E-state index is 6.37. The lowest BCUT2D eigenvalue weighted by Crippen LogP contribution is -2.14. The van der Waals surface area contributed by atoms with Crippen molar-refractivity contribution in [3.8, 4) is 11.1 Å². The Balaban J connectivity index is 1.40. The summed E-state index contributed by atoms with van der Waals surface area (Å²) in [5.41, 5.74) is 14.2. The number of furan rings is 2. The van der Waals surface area contributed by atoms with Crippen LogP contribution in [0.5, 0.6) is 0 Å². The molecule has 3 nitrogen and oxygen atoms in total. The molecule has 0 atom stereocenters. The number of para-hydroxylation sites is 2. The zero-order valence-corrected chi connectivity index (χ0v) is 31.0. The van der Waals surface area contributed by atoms with Gasteiger partial charge in [-0.2, -0.15) is 0 Å². The number of aryl methyl sites for hydroxylation is 2. The highest BCUT2D eigenvalue weighted by Crippen LogP contribution is 2.38. The molecule has 256 valence electrons. The van der Waals surface area contributed by atoms with Crippen LogP contribution in [0.2, 0.25) is 0 Å². The Morgan fingerprint density at radius 1 is 0.667 bits per heavy atom. The number of rotatable bonds is 10. The summed E-state index contributed by atoms with van der Waals surface area (Å²) in [6.07, 6.45) is 17.1. The molecule has 0 amide bonds. The van der Waals surface area contributed by atoms with Crippen molar-refractivity contribution in [3.05, 3.63) is 179 Å². The van der Waals surface area contributed by atoms with Gasteiger partial charge in [-0.25, -0.2) is 0 Å². The molecule has 0 N–H and O–H groups in total. The van der Waals surface area contributed by atoms with Gasteiger partial charge in [0, 0.05) is 50.1 Å². The van der Waals surface area contributed by atoms with Crippen LogP contribution in [0.3, 0.4) is 0 Å². The van der Waals surface area contributed by atoms with Gasteiger partial charge in [0.25, 0.3) is 0 Å². The first kappa shape index (κ1) is 35.0. The molecule has 51 heavy (non-hydrogen) atoms.